The van der Waals surface area contributed by atoms with Crippen LogP contribution in [0.25, 0.3) is 0 Å². The summed E-state index contributed by atoms with van der Waals surface area (Å²) in [7, 11) is 0. The van der Waals surface area contributed by atoms with Crippen LogP contribution in [0.1, 0.15) is 11.4 Å². The molecule has 0 unspecified atom stereocenters. The van der Waals surface area contributed by atoms with E-state index in [4.69, 9.17) is 21.1 Å². The summed E-state index contributed by atoms with van der Waals surface area (Å²) in [5, 5.41) is 7.59. The average molecular weight is 282 g/mol. The molecular formula is C12H12ClN3O3. The molecule has 2 heterocycles. The van der Waals surface area contributed by atoms with Gasteiger partial charge in [0.05, 0.1) is 5.02 Å². The van der Waals surface area contributed by atoms with E-state index in [1.807, 2.05) is 12.1 Å². The van der Waals surface area contributed by atoms with Crippen LogP contribution in [0.4, 0.5) is 0 Å². The molecule has 0 saturated carbocycles. The van der Waals surface area contributed by atoms with Gasteiger partial charge in [0.25, 0.3) is 0 Å². The fourth-order valence-corrected chi connectivity index (χ4v) is 2.15. The smallest absolute Gasteiger partial charge is 0.231 e. The maximum atomic E-state index is 6.10. The number of benzene rings is 1. The van der Waals surface area contributed by atoms with Crippen molar-refractivity contribution < 1.29 is 14.0 Å². The first-order valence-corrected chi connectivity index (χ1v) is 6.25. The summed E-state index contributed by atoms with van der Waals surface area (Å²) >= 11 is 6.10. The van der Waals surface area contributed by atoms with Crippen LogP contribution in [0.15, 0.2) is 23.0 Å². The summed E-state index contributed by atoms with van der Waals surface area (Å²) < 4.78 is 15.2. The van der Waals surface area contributed by atoms with Crippen LogP contribution in [0.3, 0.4) is 0 Å². The maximum absolute atomic E-state index is 6.10. The summed E-state index contributed by atoms with van der Waals surface area (Å²) in [4.78, 5) is 3.95. The lowest BCUT2D eigenvalue weighted by atomic mass is 10.2. The van der Waals surface area contributed by atoms with Crippen molar-refractivity contribution >= 4 is 11.6 Å². The molecule has 0 saturated heterocycles. The molecule has 0 aliphatic carbocycles. The standard InChI is InChI=1S/C12H12ClN3O3/c13-9-3-8(4-10-12(9)18-7-17-10)5-14-2-1-11-15-6-19-16-11/h3-4,6,14H,1-2,5,7H2. The second-order valence-corrected chi connectivity index (χ2v) is 4.49. The Labute approximate surface area is 114 Å². The van der Waals surface area contributed by atoms with E-state index >= 15 is 0 Å². The van der Waals surface area contributed by atoms with E-state index in [0.717, 1.165) is 18.5 Å². The number of aromatic nitrogens is 2. The molecule has 1 aliphatic heterocycles. The van der Waals surface area contributed by atoms with Gasteiger partial charge < -0.3 is 19.3 Å². The number of nitrogens with zero attached hydrogens (tertiary/aromatic N) is 2. The number of ether oxygens (including phenoxy) is 2. The lowest BCUT2D eigenvalue weighted by molar-refractivity contribution is 0.174. The molecule has 0 atom stereocenters. The fraction of sp³-hybridized carbons (Fsp3) is 0.333. The van der Waals surface area contributed by atoms with Crippen molar-refractivity contribution in [3.63, 3.8) is 0 Å². The van der Waals surface area contributed by atoms with Gasteiger partial charge in [-0.05, 0) is 17.7 Å². The molecule has 0 amide bonds. The second-order valence-electron chi connectivity index (χ2n) is 4.09. The van der Waals surface area contributed by atoms with Crippen molar-refractivity contribution in [2.45, 2.75) is 13.0 Å². The van der Waals surface area contributed by atoms with Gasteiger partial charge in [0.1, 0.15) is 0 Å². The van der Waals surface area contributed by atoms with E-state index in [1.165, 1.54) is 6.39 Å². The van der Waals surface area contributed by atoms with Crippen molar-refractivity contribution in [2.75, 3.05) is 13.3 Å². The predicted molar refractivity (Wildman–Crippen MR) is 67.3 cm³/mol. The lowest BCUT2D eigenvalue weighted by Gasteiger charge is -2.06. The highest BCUT2D eigenvalue weighted by Gasteiger charge is 2.17. The predicted octanol–water partition coefficient (Wildman–Crippen LogP) is 1.78. The van der Waals surface area contributed by atoms with E-state index < -0.39 is 0 Å². The van der Waals surface area contributed by atoms with E-state index in [9.17, 15) is 0 Å². The molecule has 2 aromatic rings. The van der Waals surface area contributed by atoms with Crippen molar-refractivity contribution in [3.8, 4) is 11.5 Å². The van der Waals surface area contributed by atoms with Gasteiger partial charge in [0.2, 0.25) is 13.2 Å². The SMILES string of the molecule is Clc1cc(CNCCc2ncon2)cc2c1OCO2. The highest BCUT2D eigenvalue weighted by molar-refractivity contribution is 6.32. The molecule has 0 radical (unpaired) electrons. The minimum absolute atomic E-state index is 0.226. The van der Waals surface area contributed by atoms with Gasteiger partial charge >= 0.3 is 0 Å². The zero-order valence-corrected chi connectivity index (χ0v) is 10.8. The third-order valence-electron chi connectivity index (χ3n) is 2.75. The Morgan fingerprint density at radius 3 is 3.11 bits per heavy atom. The Hall–Kier alpha value is -1.79. The summed E-state index contributed by atoms with van der Waals surface area (Å²) in [5.74, 6) is 2.01. The van der Waals surface area contributed by atoms with Crippen molar-refractivity contribution in [1.29, 1.82) is 0 Å². The van der Waals surface area contributed by atoms with Crippen LogP contribution in [0.5, 0.6) is 11.5 Å². The zero-order chi connectivity index (χ0) is 13.1. The molecule has 0 fully saturated rings. The van der Waals surface area contributed by atoms with Crippen LogP contribution < -0.4 is 14.8 Å². The second kappa shape index (κ2) is 5.46. The summed E-state index contributed by atoms with van der Waals surface area (Å²) in [6.07, 6.45) is 2.04. The van der Waals surface area contributed by atoms with E-state index in [1.54, 1.807) is 0 Å². The Morgan fingerprint density at radius 1 is 1.32 bits per heavy atom. The van der Waals surface area contributed by atoms with Gasteiger partial charge in [-0.1, -0.05) is 16.8 Å². The van der Waals surface area contributed by atoms with Gasteiger partial charge in [-0.15, -0.1) is 0 Å². The highest BCUT2D eigenvalue weighted by Crippen LogP contribution is 2.39. The molecule has 0 spiro atoms. The average Bonchev–Trinajstić information content (AvgIpc) is 3.05. The molecule has 1 aromatic carbocycles. The number of hydrogen-bond acceptors (Lipinski definition) is 6. The molecule has 100 valence electrons. The lowest BCUT2D eigenvalue weighted by Crippen LogP contribution is -2.17. The van der Waals surface area contributed by atoms with Crippen LogP contribution >= 0.6 is 11.6 Å². The Balaban J connectivity index is 1.54. The van der Waals surface area contributed by atoms with E-state index in [0.29, 0.717) is 28.9 Å². The molecule has 19 heavy (non-hydrogen) atoms. The number of rotatable bonds is 5. The molecule has 3 rings (SSSR count). The van der Waals surface area contributed by atoms with Gasteiger partial charge in [-0.2, -0.15) is 4.98 Å². The van der Waals surface area contributed by atoms with Gasteiger partial charge in [0.15, 0.2) is 17.3 Å². The minimum Gasteiger partial charge on any atom is -0.454 e. The fourth-order valence-electron chi connectivity index (χ4n) is 1.86. The van der Waals surface area contributed by atoms with Crippen molar-refractivity contribution in [2.24, 2.45) is 0 Å². The number of halogens is 1. The molecule has 1 N–H and O–H groups in total. The van der Waals surface area contributed by atoms with Gasteiger partial charge in [0, 0.05) is 19.5 Å². The third kappa shape index (κ3) is 2.80. The molecule has 7 heteroatoms. The van der Waals surface area contributed by atoms with Crippen molar-refractivity contribution in [1.82, 2.24) is 15.5 Å². The first kappa shape index (κ1) is 12.3. The summed E-state index contributed by atoms with van der Waals surface area (Å²) in [5.41, 5.74) is 1.04. The molecular weight excluding hydrogens is 270 g/mol. The third-order valence-corrected chi connectivity index (χ3v) is 3.03. The van der Waals surface area contributed by atoms with Crippen LogP contribution in [0.2, 0.25) is 5.02 Å². The van der Waals surface area contributed by atoms with Gasteiger partial charge in [-0.3, -0.25) is 0 Å². The Kier molecular flexibility index (Phi) is 3.52. The Bertz CT molecular complexity index is 560. The van der Waals surface area contributed by atoms with Crippen LogP contribution in [0, 0.1) is 0 Å². The van der Waals surface area contributed by atoms with Crippen LogP contribution in [-0.2, 0) is 13.0 Å². The molecule has 6 nitrogen and oxygen atoms in total. The Morgan fingerprint density at radius 2 is 2.26 bits per heavy atom. The van der Waals surface area contributed by atoms with E-state index in [-0.39, 0.29) is 6.79 Å². The topological polar surface area (TPSA) is 69.4 Å². The quantitative estimate of drug-likeness (QED) is 0.843. The van der Waals surface area contributed by atoms with Crippen molar-refractivity contribution in [3.05, 3.63) is 34.9 Å². The number of nitrogens with one attached hydrogen (secondary N) is 1. The first-order chi connectivity index (χ1) is 9.33. The normalized spacial score (nSPS) is 12.9. The number of hydrogen-bond donors (Lipinski definition) is 1. The van der Waals surface area contributed by atoms with Gasteiger partial charge in [-0.25, -0.2) is 0 Å². The highest BCUT2D eigenvalue weighted by atomic mass is 35.5. The monoisotopic (exact) mass is 281 g/mol. The number of fused-ring (bicyclic) bond motifs is 1. The molecule has 1 aliphatic rings. The van der Waals surface area contributed by atoms with E-state index in [2.05, 4.69) is 20.0 Å². The van der Waals surface area contributed by atoms with Crippen LogP contribution in [-0.4, -0.2) is 23.5 Å². The first-order valence-electron chi connectivity index (χ1n) is 5.87. The summed E-state index contributed by atoms with van der Waals surface area (Å²) in [6.45, 7) is 1.67. The molecule has 0 bridgehead atoms. The largest absolute Gasteiger partial charge is 0.454 e. The minimum atomic E-state index is 0.226. The summed E-state index contributed by atoms with van der Waals surface area (Å²) in [6, 6.07) is 3.80. The maximum Gasteiger partial charge on any atom is 0.231 e. The zero-order valence-electron chi connectivity index (χ0n) is 10.1. The molecule has 1 aromatic heterocycles.